The van der Waals surface area contributed by atoms with E-state index in [9.17, 15) is 14.4 Å². The van der Waals surface area contributed by atoms with Gasteiger partial charge >= 0.3 is 17.9 Å². The third kappa shape index (κ3) is 43.5. The Morgan fingerprint density at radius 1 is 0.339 bits per heavy atom. The molecule has 1 atom stereocenters. The Morgan fingerprint density at radius 3 is 0.875 bits per heavy atom. The maximum absolute atomic E-state index is 12.7. The minimum absolute atomic E-state index is 0.0633. The third-order valence-electron chi connectivity index (χ3n) is 11.3. The van der Waals surface area contributed by atoms with E-state index in [1.807, 2.05) is 0 Å². The molecule has 0 aliphatic rings. The summed E-state index contributed by atoms with van der Waals surface area (Å²) in [4.78, 5) is 37.7. The number of esters is 3. The summed E-state index contributed by atoms with van der Waals surface area (Å²) in [6.45, 7) is 8.99. The Labute approximate surface area is 348 Å². The molecule has 0 aromatic carbocycles. The van der Waals surface area contributed by atoms with E-state index in [4.69, 9.17) is 14.2 Å². The van der Waals surface area contributed by atoms with Gasteiger partial charge < -0.3 is 14.2 Å². The highest BCUT2D eigenvalue weighted by molar-refractivity contribution is 5.71. The summed E-state index contributed by atoms with van der Waals surface area (Å²) in [7, 11) is 0. The molecule has 0 aliphatic carbocycles. The van der Waals surface area contributed by atoms with E-state index in [1.165, 1.54) is 173 Å². The predicted molar refractivity (Wildman–Crippen MR) is 238 cm³/mol. The topological polar surface area (TPSA) is 78.9 Å². The minimum atomic E-state index is -0.759. The summed E-state index contributed by atoms with van der Waals surface area (Å²) in [5.41, 5.74) is 0. The van der Waals surface area contributed by atoms with Gasteiger partial charge in [-0.05, 0) is 25.2 Å². The zero-order valence-corrected chi connectivity index (χ0v) is 38.1. The fraction of sp³-hybridized carbons (Fsp3) is 0.940. The van der Waals surface area contributed by atoms with Crippen LogP contribution in [0, 0.1) is 5.92 Å². The highest BCUT2D eigenvalue weighted by atomic mass is 16.6. The molecule has 0 aliphatic heterocycles. The van der Waals surface area contributed by atoms with Crippen molar-refractivity contribution < 1.29 is 28.6 Å². The van der Waals surface area contributed by atoms with Gasteiger partial charge in [0.2, 0.25) is 0 Å². The average Bonchev–Trinajstić information content (AvgIpc) is 3.18. The monoisotopic (exact) mass is 793 g/mol. The van der Waals surface area contributed by atoms with Crippen LogP contribution in [0.3, 0.4) is 0 Å². The molecule has 0 bridgehead atoms. The Kier molecular flexibility index (Phi) is 43.2. The van der Waals surface area contributed by atoms with E-state index >= 15 is 0 Å². The van der Waals surface area contributed by atoms with Crippen molar-refractivity contribution in [3.63, 3.8) is 0 Å². The van der Waals surface area contributed by atoms with Gasteiger partial charge in [-0.25, -0.2) is 0 Å². The SMILES string of the molecule is CCCCCCCCCCCCCCCCC(=O)OC[C@H](COC(=O)CCCCCCCCC)OC(=O)CCCCCCCCCCCCCCCCC(C)C. The number of unbranched alkanes of at least 4 members (excludes halogenated alkanes) is 32. The number of rotatable bonds is 45. The molecule has 56 heavy (non-hydrogen) atoms. The maximum Gasteiger partial charge on any atom is 0.306 e. The molecule has 0 saturated carbocycles. The van der Waals surface area contributed by atoms with Crippen LogP contribution in [-0.2, 0) is 28.6 Å². The summed E-state index contributed by atoms with van der Waals surface area (Å²) in [6.07, 6.45) is 45.3. The van der Waals surface area contributed by atoms with Crippen molar-refractivity contribution in [2.75, 3.05) is 13.2 Å². The predicted octanol–water partition coefficient (Wildman–Crippen LogP) is 15.9. The van der Waals surface area contributed by atoms with Crippen molar-refractivity contribution >= 4 is 17.9 Å². The molecule has 0 aromatic rings. The number of ether oxygens (including phenoxy) is 3. The summed E-state index contributed by atoms with van der Waals surface area (Å²) in [5.74, 6) is -0.00992. The van der Waals surface area contributed by atoms with E-state index < -0.39 is 6.10 Å². The van der Waals surface area contributed by atoms with Gasteiger partial charge in [-0.3, -0.25) is 14.4 Å². The van der Waals surface area contributed by atoms with Crippen LogP contribution < -0.4 is 0 Å². The quantitative estimate of drug-likeness (QED) is 0.0347. The molecule has 6 heteroatoms. The van der Waals surface area contributed by atoms with Crippen molar-refractivity contribution in [3.8, 4) is 0 Å². The van der Waals surface area contributed by atoms with Crippen molar-refractivity contribution in [2.24, 2.45) is 5.92 Å². The van der Waals surface area contributed by atoms with Crippen LogP contribution in [0.1, 0.15) is 278 Å². The van der Waals surface area contributed by atoms with Gasteiger partial charge in [0.15, 0.2) is 6.10 Å². The summed E-state index contributed by atoms with van der Waals surface area (Å²) in [5, 5.41) is 0. The molecule has 0 saturated heterocycles. The lowest BCUT2D eigenvalue weighted by molar-refractivity contribution is -0.167. The molecule has 0 spiro atoms. The highest BCUT2D eigenvalue weighted by Gasteiger charge is 2.19. The Bertz CT molecular complexity index is 841. The Balaban J connectivity index is 4.21. The van der Waals surface area contributed by atoms with E-state index in [0.29, 0.717) is 19.3 Å². The van der Waals surface area contributed by atoms with E-state index in [-0.39, 0.29) is 31.1 Å². The van der Waals surface area contributed by atoms with Gasteiger partial charge in [0, 0.05) is 19.3 Å². The fourth-order valence-electron chi connectivity index (χ4n) is 7.51. The van der Waals surface area contributed by atoms with E-state index in [0.717, 1.165) is 63.7 Å². The van der Waals surface area contributed by atoms with Gasteiger partial charge in [-0.1, -0.05) is 240 Å². The van der Waals surface area contributed by atoms with Gasteiger partial charge in [0.1, 0.15) is 13.2 Å². The Morgan fingerprint density at radius 2 is 0.589 bits per heavy atom. The van der Waals surface area contributed by atoms with Gasteiger partial charge in [0.05, 0.1) is 0 Å². The van der Waals surface area contributed by atoms with Crippen LogP contribution in [0.15, 0.2) is 0 Å². The molecule has 0 rings (SSSR count). The first-order valence-electron chi connectivity index (χ1n) is 24.9. The second kappa shape index (κ2) is 44.5. The zero-order chi connectivity index (χ0) is 41.0. The van der Waals surface area contributed by atoms with Gasteiger partial charge in [0.25, 0.3) is 0 Å². The third-order valence-corrected chi connectivity index (χ3v) is 11.3. The summed E-state index contributed by atoms with van der Waals surface area (Å²) >= 11 is 0. The smallest absolute Gasteiger partial charge is 0.306 e. The van der Waals surface area contributed by atoms with Gasteiger partial charge in [-0.2, -0.15) is 0 Å². The van der Waals surface area contributed by atoms with Crippen molar-refractivity contribution in [1.29, 1.82) is 0 Å². The first-order valence-corrected chi connectivity index (χ1v) is 24.9. The lowest BCUT2D eigenvalue weighted by Crippen LogP contribution is -2.30. The lowest BCUT2D eigenvalue weighted by Gasteiger charge is -2.18. The lowest BCUT2D eigenvalue weighted by atomic mass is 10.0. The average molecular weight is 793 g/mol. The second-order valence-electron chi connectivity index (χ2n) is 17.6. The van der Waals surface area contributed by atoms with Crippen LogP contribution in [0.25, 0.3) is 0 Å². The Hall–Kier alpha value is -1.59. The van der Waals surface area contributed by atoms with E-state index in [2.05, 4.69) is 27.7 Å². The minimum Gasteiger partial charge on any atom is -0.462 e. The van der Waals surface area contributed by atoms with Gasteiger partial charge in [-0.15, -0.1) is 0 Å². The van der Waals surface area contributed by atoms with Crippen LogP contribution in [0.4, 0.5) is 0 Å². The first-order chi connectivity index (χ1) is 27.4. The molecular formula is C50H96O6. The number of carbonyl (C=O) groups excluding carboxylic acids is 3. The number of carbonyl (C=O) groups is 3. The summed E-state index contributed by atoms with van der Waals surface area (Å²) < 4.78 is 16.7. The largest absolute Gasteiger partial charge is 0.462 e. The molecule has 0 aromatic heterocycles. The molecule has 6 nitrogen and oxygen atoms in total. The molecule has 0 fully saturated rings. The molecule has 332 valence electrons. The zero-order valence-electron chi connectivity index (χ0n) is 38.1. The molecular weight excluding hydrogens is 697 g/mol. The molecule has 0 radical (unpaired) electrons. The molecule has 0 amide bonds. The maximum atomic E-state index is 12.7. The number of hydrogen-bond donors (Lipinski definition) is 0. The summed E-state index contributed by atoms with van der Waals surface area (Å²) in [6, 6.07) is 0. The van der Waals surface area contributed by atoms with Crippen molar-refractivity contribution in [3.05, 3.63) is 0 Å². The second-order valence-corrected chi connectivity index (χ2v) is 17.6. The van der Waals surface area contributed by atoms with Crippen molar-refractivity contribution in [2.45, 2.75) is 284 Å². The van der Waals surface area contributed by atoms with Crippen LogP contribution in [0.2, 0.25) is 0 Å². The van der Waals surface area contributed by atoms with Crippen molar-refractivity contribution in [1.82, 2.24) is 0 Å². The molecule has 0 N–H and O–H groups in total. The first kappa shape index (κ1) is 54.4. The normalized spacial score (nSPS) is 11.9. The molecule has 0 heterocycles. The highest BCUT2D eigenvalue weighted by Crippen LogP contribution is 2.17. The van der Waals surface area contributed by atoms with Crippen LogP contribution >= 0.6 is 0 Å². The molecule has 0 unspecified atom stereocenters. The van der Waals surface area contributed by atoms with Crippen LogP contribution in [0.5, 0.6) is 0 Å². The van der Waals surface area contributed by atoms with Crippen LogP contribution in [-0.4, -0.2) is 37.2 Å². The standard InChI is InChI=1S/C50H96O6/c1-5-7-9-11-13-14-15-16-20-23-26-30-34-38-42-49(52)55-45-47(44-54-48(51)41-37-33-28-12-10-8-6-2)56-50(53)43-39-35-31-27-24-21-18-17-19-22-25-29-32-36-40-46(3)4/h46-47H,5-45H2,1-4H3/t47-/m0/s1. The fourth-order valence-corrected chi connectivity index (χ4v) is 7.51. The number of hydrogen-bond acceptors (Lipinski definition) is 6. The van der Waals surface area contributed by atoms with E-state index in [1.54, 1.807) is 0 Å².